The molecule has 3 heteroatoms. The molecular weight excluding hydrogens is 180 g/mol. The van der Waals surface area contributed by atoms with Crippen molar-refractivity contribution in [1.29, 1.82) is 0 Å². The number of hydrogen-bond acceptors (Lipinski definition) is 3. The van der Waals surface area contributed by atoms with Gasteiger partial charge in [0.15, 0.2) is 0 Å². The number of carbonyl (C=O) groups excluding carboxylic acids is 1. The topological polar surface area (TPSA) is 46.5 Å². The third kappa shape index (κ3) is 1.46. The molecule has 0 radical (unpaired) electrons. The summed E-state index contributed by atoms with van der Waals surface area (Å²) in [5.74, 6) is -0.207. The molecule has 3 aliphatic carbocycles. The van der Waals surface area contributed by atoms with Crippen molar-refractivity contribution < 1.29 is 14.6 Å². The van der Waals surface area contributed by atoms with Crippen LogP contribution in [0.3, 0.4) is 0 Å². The van der Waals surface area contributed by atoms with E-state index in [4.69, 9.17) is 4.74 Å². The maximum absolute atomic E-state index is 11.6. The minimum Gasteiger partial charge on any atom is -0.466 e. The summed E-state index contributed by atoms with van der Waals surface area (Å²) in [5, 5.41) is 9.90. The highest BCUT2D eigenvalue weighted by molar-refractivity contribution is 5.74. The average Bonchev–Trinajstić information content (AvgIpc) is 2.19. The fraction of sp³-hybridized carbons (Fsp3) is 0.727. The second-order valence-electron chi connectivity index (χ2n) is 4.06. The molecule has 0 amide bonds. The SMILES string of the molecule is CCOC(=O)C1C2C=CC(CC2)C1O. The maximum atomic E-state index is 11.6. The lowest BCUT2D eigenvalue weighted by Gasteiger charge is -2.40. The number of rotatable bonds is 2. The second kappa shape index (κ2) is 3.73. The van der Waals surface area contributed by atoms with E-state index in [0.717, 1.165) is 12.8 Å². The molecule has 0 aromatic heterocycles. The molecule has 3 nitrogen and oxygen atoms in total. The lowest BCUT2D eigenvalue weighted by Crippen LogP contribution is -2.45. The highest BCUT2D eigenvalue weighted by Crippen LogP contribution is 2.41. The number of allylic oxidation sites excluding steroid dienone is 1. The molecular formula is C11H16O3. The number of ether oxygens (including phenoxy) is 1. The molecule has 1 N–H and O–H groups in total. The largest absolute Gasteiger partial charge is 0.466 e. The van der Waals surface area contributed by atoms with Crippen LogP contribution in [-0.2, 0) is 9.53 Å². The van der Waals surface area contributed by atoms with Crippen LogP contribution >= 0.6 is 0 Å². The number of aliphatic hydroxyl groups excluding tert-OH is 1. The zero-order valence-electron chi connectivity index (χ0n) is 8.35. The van der Waals surface area contributed by atoms with E-state index in [-0.39, 0.29) is 23.7 Å². The van der Waals surface area contributed by atoms with Gasteiger partial charge >= 0.3 is 5.97 Å². The van der Waals surface area contributed by atoms with E-state index in [1.54, 1.807) is 6.92 Å². The van der Waals surface area contributed by atoms with Crippen molar-refractivity contribution in [2.75, 3.05) is 6.61 Å². The molecule has 0 aromatic carbocycles. The van der Waals surface area contributed by atoms with Crippen molar-refractivity contribution >= 4 is 5.97 Å². The van der Waals surface area contributed by atoms with Crippen LogP contribution in [-0.4, -0.2) is 23.8 Å². The van der Waals surface area contributed by atoms with Crippen molar-refractivity contribution in [3.63, 3.8) is 0 Å². The average molecular weight is 196 g/mol. The Hall–Kier alpha value is -0.830. The number of carbonyl (C=O) groups is 1. The summed E-state index contributed by atoms with van der Waals surface area (Å²) in [6.45, 7) is 2.18. The first-order valence-corrected chi connectivity index (χ1v) is 5.27. The minimum atomic E-state index is -0.530. The summed E-state index contributed by atoms with van der Waals surface area (Å²) in [6, 6.07) is 0. The van der Waals surface area contributed by atoms with E-state index in [2.05, 4.69) is 6.08 Å². The van der Waals surface area contributed by atoms with Gasteiger partial charge < -0.3 is 9.84 Å². The Kier molecular flexibility index (Phi) is 2.59. The number of aliphatic hydroxyl groups is 1. The van der Waals surface area contributed by atoms with Gasteiger partial charge in [0.05, 0.1) is 18.6 Å². The Balaban J connectivity index is 2.12. The summed E-state index contributed by atoms with van der Waals surface area (Å²) < 4.78 is 4.97. The zero-order valence-corrected chi connectivity index (χ0v) is 8.35. The van der Waals surface area contributed by atoms with E-state index in [0.29, 0.717) is 6.61 Å². The molecule has 0 heterocycles. The van der Waals surface area contributed by atoms with Gasteiger partial charge in [-0.2, -0.15) is 0 Å². The predicted octanol–water partition coefficient (Wildman–Crippen LogP) is 1.12. The summed E-state index contributed by atoms with van der Waals surface area (Å²) >= 11 is 0. The van der Waals surface area contributed by atoms with Crippen molar-refractivity contribution in [2.45, 2.75) is 25.9 Å². The third-order valence-corrected chi connectivity index (χ3v) is 3.27. The summed E-state index contributed by atoms with van der Waals surface area (Å²) in [7, 11) is 0. The van der Waals surface area contributed by atoms with Gasteiger partial charge in [0.25, 0.3) is 0 Å². The number of hydrogen-bond donors (Lipinski definition) is 1. The molecule has 0 aliphatic heterocycles. The van der Waals surface area contributed by atoms with Crippen molar-refractivity contribution in [2.24, 2.45) is 17.8 Å². The standard InChI is InChI=1S/C11H16O3/c1-2-14-11(13)9-7-3-5-8(6-4-7)10(9)12/h3,5,7-10,12H,2,4,6H2,1H3. The first kappa shape index (κ1) is 9.71. The molecule has 4 atom stereocenters. The first-order chi connectivity index (χ1) is 6.74. The molecule has 0 saturated heterocycles. The van der Waals surface area contributed by atoms with E-state index in [1.165, 1.54) is 0 Å². The van der Waals surface area contributed by atoms with Gasteiger partial charge in [-0.1, -0.05) is 12.2 Å². The van der Waals surface area contributed by atoms with Gasteiger partial charge in [0, 0.05) is 5.92 Å². The Morgan fingerprint density at radius 1 is 1.43 bits per heavy atom. The quantitative estimate of drug-likeness (QED) is 0.532. The maximum Gasteiger partial charge on any atom is 0.312 e. The zero-order chi connectivity index (χ0) is 10.1. The highest BCUT2D eigenvalue weighted by atomic mass is 16.5. The fourth-order valence-corrected chi connectivity index (χ4v) is 2.52. The van der Waals surface area contributed by atoms with Crippen molar-refractivity contribution in [3.8, 4) is 0 Å². The minimum absolute atomic E-state index is 0.161. The molecule has 0 aromatic rings. The van der Waals surface area contributed by atoms with Gasteiger partial charge in [0.2, 0.25) is 0 Å². The highest BCUT2D eigenvalue weighted by Gasteiger charge is 2.44. The van der Waals surface area contributed by atoms with E-state index >= 15 is 0 Å². The lowest BCUT2D eigenvalue weighted by molar-refractivity contribution is -0.158. The fourth-order valence-electron chi connectivity index (χ4n) is 2.52. The molecule has 14 heavy (non-hydrogen) atoms. The Bertz CT molecular complexity index is 259. The molecule has 1 fully saturated rings. The monoisotopic (exact) mass is 196 g/mol. The van der Waals surface area contributed by atoms with Crippen LogP contribution in [0.15, 0.2) is 12.2 Å². The van der Waals surface area contributed by atoms with Gasteiger partial charge in [-0.15, -0.1) is 0 Å². The van der Waals surface area contributed by atoms with Gasteiger partial charge in [-0.25, -0.2) is 0 Å². The summed E-state index contributed by atoms with van der Waals surface area (Å²) in [4.78, 5) is 11.6. The normalized spacial score (nSPS) is 39.9. The smallest absolute Gasteiger partial charge is 0.312 e. The first-order valence-electron chi connectivity index (χ1n) is 5.27. The lowest BCUT2D eigenvalue weighted by atomic mass is 9.67. The van der Waals surface area contributed by atoms with Gasteiger partial charge in [-0.3, -0.25) is 4.79 Å². The molecule has 0 spiro atoms. The van der Waals surface area contributed by atoms with Crippen LogP contribution in [0, 0.1) is 17.8 Å². The molecule has 2 bridgehead atoms. The number of fused-ring (bicyclic) bond motifs is 2. The van der Waals surface area contributed by atoms with Crippen LogP contribution in [0.4, 0.5) is 0 Å². The molecule has 1 saturated carbocycles. The molecule has 3 rings (SSSR count). The van der Waals surface area contributed by atoms with Crippen LogP contribution < -0.4 is 0 Å². The van der Waals surface area contributed by atoms with Gasteiger partial charge in [-0.05, 0) is 25.7 Å². The molecule has 4 unspecified atom stereocenters. The van der Waals surface area contributed by atoms with Crippen molar-refractivity contribution in [3.05, 3.63) is 12.2 Å². The predicted molar refractivity (Wildman–Crippen MR) is 51.5 cm³/mol. The second-order valence-corrected chi connectivity index (χ2v) is 4.06. The van der Waals surface area contributed by atoms with E-state index in [9.17, 15) is 9.90 Å². The van der Waals surface area contributed by atoms with Crippen LogP contribution in [0.1, 0.15) is 19.8 Å². The Morgan fingerprint density at radius 3 is 2.57 bits per heavy atom. The van der Waals surface area contributed by atoms with Crippen molar-refractivity contribution in [1.82, 2.24) is 0 Å². The van der Waals surface area contributed by atoms with E-state index < -0.39 is 6.10 Å². The Labute approximate surface area is 83.8 Å². The molecule has 78 valence electrons. The van der Waals surface area contributed by atoms with Crippen LogP contribution in [0.25, 0.3) is 0 Å². The summed E-state index contributed by atoms with van der Waals surface area (Å²) in [6.07, 6.45) is 5.56. The number of esters is 1. The third-order valence-electron chi connectivity index (χ3n) is 3.27. The molecule has 3 aliphatic rings. The Morgan fingerprint density at radius 2 is 2.07 bits per heavy atom. The van der Waals surface area contributed by atoms with E-state index in [1.807, 2.05) is 6.08 Å². The summed E-state index contributed by atoms with van der Waals surface area (Å²) in [5.41, 5.74) is 0. The van der Waals surface area contributed by atoms with Crippen LogP contribution in [0.5, 0.6) is 0 Å². The van der Waals surface area contributed by atoms with Crippen LogP contribution in [0.2, 0.25) is 0 Å². The van der Waals surface area contributed by atoms with Gasteiger partial charge in [0.1, 0.15) is 0 Å².